The van der Waals surface area contributed by atoms with E-state index in [0.717, 1.165) is 22.3 Å². The molecule has 1 heterocycles. The van der Waals surface area contributed by atoms with Crippen molar-refractivity contribution in [3.8, 4) is 0 Å². The van der Waals surface area contributed by atoms with Crippen molar-refractivity contribution in [3.05, 3.63) is 70.2 Å². The smallest absolute Gasteiger partial charge is 0.221 e. The fourth-order valence-electron chi connectivity index (χ4n) is 3.88. The zero-order chi connectivity index (χ0) is 16.7. The molecule has 0 radical (unpaired) electrons. The van der Waals surface area contributed by atoms with Gasteiger partial charge in [0.15, 0.2) is 0 Å². The molecule has 0 aromatic heterocycles. The van der Waals surface area contributed by atoms with Crippen LogP contribution in [0.4, 0.5) is 11.4 Å². The molecule has 4 heteroatoms. The van der Waals surface area contributed by atoms with Gasteiger partial charge in [-0.25, -0.2) is 0 Å². The summed E-state index contributed by atoms with van der Waals surface area (Å²) in [5, 5.41) is 6.60. The standard InChI is InChI=1S/C20H19BrN2O/c1-12(24)22-15-9-10-19-18(11-15)16-3-2-4-17(16)20(23-19)13-5-7-14(21)8-6-13/h2-3,5-11,16-17,20,23H,4H2,1H3,(H,22,24)/t16-,17+,20-/m1/s1. The fourth-order valence-corrected chi connectivity index (χ4v) is 4.14. The van der Waals surface area contributed by atoms with Gasteiger partial charge in [-0.05, 0) is 53.8 Å². The number of anilines is 2. The molecule has 4 rings (SSSR count). The van der Waals surface area contributed by atoms with E-state index in [2.05, 4.69) is 75.1 Å². The largest absolute Gasteiger partial charge is 0.378 e. The number of amides is 1. The number of halogens is 1. The van der Waals surface area contributed by atoms with E-state index in [0.29, 0.717) is 17.9 Å². The molecule has 1 aliphatic heterocycles. The quantitative estimate of drug-likeness (QED) is 0.697. The predicted octanol–water partition coefficient (Wildman–Crippen LogP) is 5.23. The van der Waals surface area contributed by atoms with Crippen molar-refractivity contribution in [1.82, 2.24) is 0 Å². The molecule has 0 unspecified atom stereocenters. The average Bonchev–Trinajstić information content (AvgIpc) is 3.04. The minimum Gasteiger partial charge on any atom is -0.378 e. The van der Waals surface area contributed by atoms with E-state index in [4.69, 9.17) is 0 Å². The lowest BCUT2D eigenvalue weighted by molar-refractivity contribution is -0.114. The Morgan fingerprint density at radius 1 is 1.21 bits per heavy atom. The molecule has 3 atom stereocenters. The number of allylic oxidation sites excluding steroid dienone is 2. The molecule has 0 spiro atoms. The Morgan fingerprint density at radius 3 is 2.75 bits per heavy atom. The van der Waals surface area contributed by atoms with Crippen LogP contribution in [0.1, 0.15) is 36.4 Å². The second-order valence-corrected chi connectivity index (χ2v) is 7.43. The first-order valence-electron chi connectivity index (χ1n) is 8.22. The van der Waals surface area contributed by atoms with Crippen LogP contribution in [0.15, 0.2) is 59.1 Å². The summed E-state index contributed by atoms with van der Waals surface area (Å²) in [5.74, 6) is 0.861. The van der Waals surface area contributed by atoms with Gasteiger partial charge in [-0.3, -0.25) is 4.79 Å². The molecule has 2 aromatic rings. The minimum atomic E-state index is -0.0371. The van der Waals surface area contributed by atoms with Crippen LogP contribution in [-0.4, -0.2) is 5.91 Å². The summed E-state index contributed by atoms with van der Waals surface area (Å²) in [5.41, 5.74) is 4.61. The maximum absolute atomic E-state index is 11.3. The zero-order valence-electron chi connectivity index (χ0n) is 13.4. The van der Waals surface area contributed by atoms with E-state index in [9.17, 15) is 4.79 Å². The van der Waals surface area contributed by atoms with Crippen molar-refractivity contribution in [3.63, 3.8) is 0 Å². The lowest BCUT2D eigenvalue weighted by atomic mass is 9.77. The van der Waals surface area contributed by atoms with Gasteiger partial charge in [0.1, 0.15) is 0 Å². The molecule has 1 aliphatic carbocycles. The molecule has 122 valence electrons. The van der Waals surface area contributed by atoms with Gasteiger partial charge in [0, 0.05) is 28.7 Å². The van der Waals surface area contributed by atoms with E-state index < -0.39 is 0 Å². The Bertz CT molecular complexity index is 813. The van der Waals surface area contributed by atoms with Crippen molar-refractivity contribution in [2.24, 2.45) is 5.92 Å². The number of benzene rings is 2. The minimum absolute atomic E-state index is 0.0371. The van der Waals surface area contributed by atoms with Crippen molar-refractivity contribution in [2.75, 3.05) is 10.6 Å². The normalized spacial score (nSPS) is 24.0. The molecule has 2 aliphatic rings. The van der Waals surface area contributed by atoms with Gasteiger partial charge in [0.05, 0.1) is 6.04 Å². The first-order chi connectivity index (χ1) is 11.6. The number of carbonyl (C=O) groups excluding carboxylic acids is 1. The van der Waals surface area contributed by atoms with E-state index in [1.807, 2.05) is 6.07 Å². The predicted molar refractivity (Wildman–Crippen MR) is 101 cm³/mol. The third kappa shape index (κ3) is 2.75. The number of hydrogen-bond donors (Lipinski definition) is 2. The molecule has 0 fully saturated rings. The summed E-state index contributed by atoms with van der Waals surface area (Å²) in [6, 6.07) is 15.0. The van der Waals surface area contributed by atoms with Crippen LogP contribution >= 0.6 is 15.9 Å². The molecular formula is C20H19BrN2O. The number of rotatable bonds is 2. The van der Waals surface area contributed by atoms with Gasteiger partial charge in [-0.2, -0.15) is 0 Å². The Balaban J connectivity index is 1.72. The van der Waals surface area contributed by atoms with Gasteiger partial charge < -0.3 is 10.6 Å². The highest BCUT2D eigenvalue weighted by molar-refractivity contribution is 9.10. The van der Waals surface area contributed by atoms with Crippen LogP contribution in [0.25, 0.3) is 0 Å². The molecule has 24 heavy (non-hydrogen) atoms. The maximum atomic E-state index is 11.3. The molecule has 0 saturated heterocycles. The maximum Gasteiger partial charge on any atom is 0.221 e. The highest BCUT2D eigenvalue weighted by atomic mass is 79.9. The zero-order valence-corrected chi connectivity index (χ0v) is 15.0. The Morgan fingerprint density at radius 2 is 2.00 bits per heavy atom. The Kier molecular flexibility index (Phi) is 3.93. The van der Waals surface area contributed by atoms with Crippen LogP contribution in [0.2, 0.25) is 0 Å². The van der Waals surface area contributed by atoms with Crippen LogP contribution in [-0.2, 0) is 4.79 Å². The topological polar surface area (TPSA) is 41.1 Å². The van der Waals surface area contributed by atoms with E-state index in [1.54, 1.807) is 6.92 Å². The SMILES string of the molecule is CC(=O)Nc1ccc2c(c1)[C@@H]1C=CC[C@@H]1[C@@H](c1ccc(Br)cc1)N2. The summed E-state index contributed by atoms with van der Waals surface area (Å²) in [7, 11) is 0. The lowest BCUT2D eigenvalue weighted by Crippen LogP contribution is -2.29. The monoisotopic (exact) mass is 382 g/mol. The van der Waals surface area contributed by atoms with Crippen molar-refractivity contribution in [2.45, 2.75) is 25.3 Å². The number of hydrogen-bond acceptors (Lipinski definition) is 2. The summed E-state index contributed by atoms with van der Waals surface area (Å²) < 4.78 is 1.10. The molecule has 3 nitrogen and oxygen atoms in total. The Labute approximate surface area is 150 Å². The van der Waals surface area contributed by atoms with Crippen LogP contribution in [0.3, 0.4) is 0 Å². The number of fused-ring (bicyclic) bond motifs is 3. The van der Waals surface area contributed by atoms with E-state index in [1.165, 1.54) is 11.1 Å². The fraction of sp³-hybridized carbons (Fsp3) is 0.250. The van der Waals surface area contributed by atoms with E-state index >= 15 is 0 Å². The van der Waals surface area contributed by atoms with Crippen molar-refractivity contribution in [1.29, 1.82) is 0 Å². The second kappa shape index (κ2) is 6.10. The van der Waals surface area contributed by atoms with E-state index in [-0.39, 0.29) is 5.91 Å². The third-order valence-electron chi connectivity index (χ3n) is 4.91. The number of carbonyl (C=O) groups is 1. The molecule has 1 amide bonds. The first-order valence-corrected chi connectivity index (χ1v) is 9.01. The highest BCUT2D eigenvalue weighted by Crippen LogP contribution is 2.50. The Hall–Kier alpha value is -2.07. The van der Waals surface area contributed by atoms with Gasteiger partial charge in [0.25, 0.3) is 0 Å². The molecule has 0 saturated carbocycles. The second-order valence-electron chi connectivity index (χ2n) is 6.51. The summed E-state index contributed by atoms with van der Waals surface area (Å²) in [6.45, 7) is 1.54. The van der Waals surface area contributed by atoms with Gasteiger partial charge in [0.2, 0.25) is 5.91 Å². The number of nitrogens with one attached hydrogen (secondary N) is 2. The average molecular weight is 383 g/mol. The third-order valence-corrected chi connectivity index (χ3v) is 5.44. The van der Waals surface area contributed by atoms with Gasteiger partial charge in [-0.15, -0.1) is 0 Å². The molecule has 2 aromatic carbocycles. The summed E-state index contributed by atoms with van der Waals surface area (Å²) in [6.07, 6.45) is 5.67. The van der Waals surface area contributed by atoms with Crippen LogP contribution < -0.4 is 10.6 Å². The molecule has 2 N–H and O–H groups in total. The molecular weight excluding hydrogens is 364 g/mol. The summed E-state index contributed by atoms with van der Waals surface area (Å²) in [4.78, 5) is 11.3. The highest BCUT2D eigenvalue weighted by Gasteiger charge is 2.37. The van der Waals surface area contributed by atoms with Crippen molar-refractivity contribution >= 4 is 33.2 Å². The van der Waals surface area contributed by atoms with Crippen LogP contribution in [0, 0.1) is 5.92 Å². The van der Waals surface area contributed by atoms with Gasteiger partial charge >= 0.3 is 0 Å². The van der Waals surface area contributed by atoms with Crippen molar-refractivity contribution < 1.29 is 4.79 Å². The van der Waals surface area contributed by atoms with Crippen LogP contribution in [0.5, 0.6) is 0 Å². The first kappa shape index (κ1) is 15.5. The lowest BCUT2D eigenvalue weighted by Gasteiger charge is -2.37. The van der Waals surface area contributed by atoms with Gasteiger partial charge in [-0.1, -0.05) is 40.2 Å². The molecule has 0 bridgehead atoms. The summed E-state index contributed by atoms with van der Waals surface area (Å²) >= 11 is 3.51.